The van der Waals surface area contributed by atoms with Crippen LogP contribution in [0.15, 0.2) is 67.0 Å². The van der Waals surface area contributed by atoms with E-state index in [0.29, 0.717) is 6.54 Å². The topological polar surface area (TPSA) is 72.9 Å². The molecule has 1 heterocycles. The molecule has 0 spiro atoms. The molecule has 146 valence electrons. The van der Waals surface area contributed by atoms with Crippen molar-refractivity contribution in [3.05, 3.63) is 78.1 Å². The summed E-state index contributed by atoms with van der Waals surface area (Å²) in [4.78, 5) is 12.4. The highest BCUT2D eigenvalue weighted by Gasteiger charge is 2.27. The van der Waals surface area contributed by atoms with E-state index >= 15 is 0 Å². The molecule has 0 radical (unpaired) electrons. The highest BCUT2D eigenvalue weighted by atomic mass is 16.2. The van der Waals surface area contributed by atoms with Crippen LogP contribution in [0.2, 0.25) is 0 Å². The van der Waals surface area contributed by atoms with Gasteiger partial charge in [0.05, 0.1) is 12.6 Å². The average Bonchev–Trinajstić information content (AvgIpc) is 3.19. The molecule has 1 aromatic heterocycles. The summed E-state index contributed by atoms with van der Waals surface area (Å²) >= 11 is 0. The lowest BCUT2D eigenvalue weighted by Gasteiger charge is -2.26. The molecule has 1 atom stereocenters. The maximum absolute atomic E-state index is 12.4. The molecule has 28 heavy (non-hydrogen) atoms. The van der Waals surface area contributed by atoms with E-state index in [1.165, 1.54) is 5.56 Å². The Morgan fingerprint density at radius 3 is 2.46 bits per heavy atom. The second-order valence-corrected chi connectivity index (χ2v) is 8.12. The van der Waals surface area contributed by atoms with Gasteiger partial charge >= 0.3 is 0 Å². The molecule has 1 amide bonds. The second kappa shape index (κ2) is 8.40. The molecule has 0 saturated carbocycles. The molecular weight excluding hydrogens is 348 g/mol. The summed E-state index contributed by atoms with van der Waals surface area (Å²) in [7, 11) is 0. The van der Waals surface area contributed by atoms with Crippen molar-refractivity contribution in [2.75, 3.05) is 0 Å². The van der Waals surface area contributed by atoms with Crippen molar-refractivity contribution in [1.29, 1.82) is 0 Å². The van der Waals surface area contributed by atoms with E-state index in [1.54, 1.807) is 6.20 Å². The Bertz CT molecular complexity index is 909. The first kappa shape index (κ1) is 19.8. The summed E-state index contributed by atoms with van der Waals surface area (Å²) in [5.74, 6) is -0.128. The van der Waals surface area contributed by atoms with E-state index in [2.05, 4.69) is 40.7 Å². The minimum atomic E-state index is -0.541. The second-order valence-electron chi connectivity index (χ2n) is 8.12. The van der Waals surface area contributed by atoms with Gasteiger partial charge in [-0.15, -0.1) is 0 Å². The van der Waals surface area contributed by atoms with Crippen LogP contribution in [0, 0.1) is 5.41 Å². The summed E-state index contributed by atoms with van der Waals surface area (Å²) in [5, 5.41) is 7.23. The molecule has 2 aromatic carbocycles. The largest absolute Gasteiger partial charge is 0.351 e. The SMILES string of the molecule is CC(C)(C)[C@H](N)C(=O)NCc1ccccc1-c1ccc(Cn2cccn2)cc1. The molecule has 0 bridgehead atoms. The Hall–Kier alpha value is -2.92. The molecule has 0 aliphatic rings. The van der Waals surface area contributed by atoms with Crippen LogP contribution in [0.1, 0.15) is 31.9 Å². The van der Waals surface area contributed by atoms with Crippen LogP contribution in [-0.4, -0.2) is 21.7 Å². The molecule has 3 aromatic rings. The third kappa shape index (κ3) is 4.87. The fraction of sp³-hybridized carbons (Fsp3) is 0.304. The molecule has 0 unspecified atom stereocenters. The normalized spacial score (nSPS) is 12.6. The maximum Gasteiger partial charge on any atom is 0.237 e. The third-order valence-corrected chi connectivity index (χ3v) is 4.85. The first-order chi connectivity index (χ1) is 13.3. The number of amides is 1. The van der Waals surface area contributed by atoms with E-state index < -0.39 is 6.04 Å². The lowest BCUT2D eigenvalue weighted by atomic mass is 9.87. The van der Waals surface area contributed by atoms with E-state index in [-0.39, 0.29) is 11.3 Å². The van der Waals surface area contributed by atoms with Crippen molar-refractivity contribution in [3.63, 3.8) is 0 Å². The van der Waals surface area contributed by atoms with Gasteiger partial charge in [0.15, 0.2) is 0 Å². The number of benzene rings is 2. The van der Waals surface area contributed by atoms with E-state index in [9.17, 15) is 4.79 Å². The predicted octanol–water partition coefficient (Wildman–Crippen LogP) is 3.59. The highest BCUT2D eigenvalue weighted by Crippen LogP contribution is 2.24. The molecule has 5 nitrogen and oxygen atoms in total. The Balaban J connectivity index is 1.72. The summed E-state index contributed by atoms with van der Waals surface area (Å²) in [5.41, 5.74) is 10.3. The standard InChI is InChI=1S/C23H28N4O/c1-23(2,3)21(24)22(28)25-15-19-7-4-5-8-20(19)18-11-9-17(10-12-18)16-27-14-6-13-26-27/h4-14,21H,15-16,24H2,1-3H3,(H,25,28)/t21-/m1/s1. The van der Waals surface area contributed by atoms with Gasteiger partial charge in [0.2, 0.25) is 5.91 Å². The van der Waals surface area contributed by atoms with Gasteiger partial charge in [-0.3, -0.25) is 9.48 Å². The molecule has 5 heteroatoms. The summed E-state index contributed by atoms with van der Waals surface area (Å²) in [6, 6.07) is 17.9. The van der Waals surface area contributed by atoms with Crippen molar-refractivity contribution < 1.29 is 4.79 Å². The zero-order chi connectivity index (χ0) is 20.1. The molecule has 0 fully saturated rings. The average molecular weight is 377 g/mol. The number of nitrogens with one attached hydrogen (secondary N) is 1. The molecule has 3 rings (SSSR count). The van der Waals surface area contributed by atoms with Gasteiger partial charge in [-0.1, -0.05) is 69.3 Å². The van der Waals surface area contributed by atoms with Gasteiger partial charge in [0.25, 0.3) is 0 Å². The van der Waals surface area contributed by atoms with Gasteiger partial charge in [0, 0.05) is 18.9 Å². The molecule has 0 aliphatic heterocycles. The minimum Gasteiger partial charge on any atom is -0.351 e. The van der Waals surface area contributed by atoms with Gasteiger partial charge < -0.3 is 11.1 Å². The summed E-state index contributed by atoms with van der Waals surface area (Å²) < 4.78 is 1.90. The van der Waals surface area contributed by atoms with Crippen molar-refractivity contribution in [1.82, 2.24) is 15.1 Å². The molecule has 3 N–H and O–H groups in total. The predicted molar refractivity (Wildman–Crippen MR) is 112 cm³/mol. The Morgan fingerprint density at radius 2 is 1.82 bits per heavy atom. The van der Waals surface area contributed by atoms with Gasteiger partial charge in [-0.05, 0) is 33.7 Å². The van der Waals surface area contributed by atoms with Crippen LogP contribution in [0.4, 0.5) is 0 Å². The van der Waals surface area contributed by atoms with Crippen LogP contribution in [0.3, 0.4) is 0 Å². The van der Waals surface area contributed by atoms with Crippen molar-refractivity contribution in [2.24, 2.45) is 11.1 Å². The van der Waals surface area contributed by atoms with Gasteiger partial charge in [-0.2, -0.15) is 5.10 Å². The Morgan fingerprint density at radius 1 is 1.11 bits per heavy atom. The highest BCUT2D eigenvalue weighted by molar-refractivity contribution is 5.82. The van der Waals surface area contributed by atoms with Gasteiger partial charge in [0.1, 0.15) is 0 Å². The monoisotopic (exact) mass is 376 g/mol. The molecule has 0 aliphatic carbocycles. The lowest BCUT2D eigenvalue weighted by molar-refractivity contribution is -0.124. The summed E-state index contributed by atoms with van der Waals surface area (Å²) in [6.45, 7) is 7.10. The lowest BCUT2D eigenvalue weighted by Crippen LogP contribution is -2.48. The van der Waals surface area contributed by atoms with E-state index in [4.69, 9.17) is 5.73 Å². The van der Waals surface area contributed by atoms with Crippen molar-refractivity contribution >= 4 is 5.91 Å². The zero-order valence-electron chi connectivity index (χ0n) is 16.7. The number of carbonyl (C=O) groups is 1. The quantitative estimate of drug-likeness (QED) is 0.690. The number of hydrogen-bond donors (Lipinski definition) is 2. The van der Waals surface area contributed by atoms with Crippen molar-refractivity contribution in [3.8, 4) is 11.1 Å². The van der Waals surface area contributed by atoms with Crippen LogP contribution in [-0.2, 0) is 17.9 Å². The number of hydrogen-bond acceptors (Lipinski definition) is 3. The molecule has 0 saturated heterocycles. The van der Waals surface area contributed by atoms with E-state index in [0.717, 1.165) is 23.2 Å². The van der Waals surface area contributed by atoms with Crippen LogP contribution < -0.4 is 11.1 Å². The Labute approximate surface area is 166 Å². The van der Waals surface area contributed by atoms with Crippen LogP contribution >= 0.6 is 0 Å². The summed E-state index contributed by atoms with van der Waals surface area (Å²) in [6.07, 6.45) is 3.73. The van der Waals surface area contributed by atoms with Crippen LogP contribution in [0.25, 0.3) is 11.1 Å². The first-order valence-electron chi connectivity index (χ1n) is 9.52. The van der Waals surface area contributed by atoms with Crippen molar-refractivity contribution in [2.45, 2.75) is 39.9 Å². The molecular formula is C23H28N4O. The number of nitrogens with two attached hydrogens (primary N) is 1. The van der Waals surface area contributed by atoms with Crippen LogP contribution in [0.5, 0.6) is 0 Å². The number of carbonyl (C=O) groups excluding carboxylic acids is 1. The minimum absolute atomic E-state index is 0.128. The van der Waals surface area contributed by atoms with Gasteiger partial charge in [-0.25, -0.2) is 0 Å². The maximum atomic E-state index is 12.4. The third-order valence-electron chi connectivity index (χ3n) is 4.85. The fourth-order valence-corrected chi connectivity index (χ4v) is 3.01. The Kier molecular flexibility index (Phi) is 5.95. The number of nitrogens with zero attached hydrogens (tertiary/aromatic N) is 2. The fourth-order valence-electron chi connectivity index (χ4n) is 3.01. The number of aromatic nitrogens is 2. The van der Waals surface area contributed by atoms with E-state index in [1.807, 2.05) is 55.9 Å². The zero-order valence-corrected chi connectivity index (χ0v) is 16.7. The first-order valence-corrected chi connectivity index (χ1v) is 9.52. The smallest absolute Gasteiger partial charge is 0.237 e. The number of rotatable bonds is 6.